The Kier molecular flexibility index (Phi) is 2.78. The minimum atomic E-state index is -0.465. The Hall–Kier alpha value is -0.800. The van der Waals surface area contributed by atoms with Crippen LogP contribution < -0.4 is 5.73 Å². The van der Waals surface area contributed by atoms with Gasteiger partial charge in [-0.15, -0.1) is 0 Å². The Morgan fingerprint density at radius 2 is 2.08 bits per heavy atom. The number of nitrogens with two attached hydrogens (primary N) is 1. The molecule has 0 aliphatic heterocycles. The highest BCUT2D eigenvalue weighted by Crippen LogP contribution is 2.31. The normalized spacial score (nSPS) is 14.5. The van der Waals surface area contributed by atoms with Gasteiger partial charge in [-0.3, -0.25) is 0 Å². The molecule has 0 aromatic carbocycles. The maximum atomic E-state index is 9.89. The van der Waals surface area contributed by atoms with Crippen LogP contribution in [-0.2, 0) is 6.54 Å². The van der Waals surface area contributed by atoms with Gasteiger partial charge in [0.25, 0.3) is 0 Å². The summed E-state index contributed by atoms with van der Waals surface area (Å²) in [6, 6.07) is 3.79. The van der Waals surface area contributed by atoms with Crippen LogP contribution in [0.2, 0.25) is 0 Å². The van der Waals surface area contributed by atoms with Crippen LogP contribution in [0.5, 0.6) is 0 Å². The molecule has 1 rings (SSSR count). The van der Waals surface area contributed by atoms with E-state index in [1.54, 1.807) is 0 Å². The Bertz CT molecular complexity index is 273. The quantitative estimate of drug-likeness (QED) is 0.650. The summed E-state index contributed by atoms with van der Waals surface area (Å²) in [5.41, 5.74) is 7.11. The van der Waals surface area contributed by atoms with Crippen molar-refractivity contribution in [1.29, 1.82) is 0 Å². The van der Waals surface area contributed by atoms with Gasteiger partial charge in [0.05, 0.1) is 6.10 Å². The third kappa shape index (κ3) is 2.32. The van der Waals surface area contributed by atoms with Crippen molar-refractivity contribution in [3.05, 3.63) is 23.5 Å². The molecule has 1 aromatic heterocycles. The second kappa shape index (κ2) is 3.52. The molecule has 3 nitrogen and oxygen atoms in total. The molecule has 0 fully saturated rings. The molecule has 0 saturated carbocycles. The summed E-state index contributed by atoms with van der Waals surface area (Å²) in [6.45, 7) is 6.48. The summed E-state index contributed by atoms with van der Waals surface area (Å²) in [7, 11) is 0. The van der Waals surface area contributed by atoms with Crippen LogP contribution in [0.25, 0.3) is 0 Å². The molecular weight excluding hydrogens is 164 g/mol. The van der Waals surface area contributed by atoms with Crippen molar-refractivity contribution in [1.82, 2.24) is 4.98 Å². The smallest absolute Gasteiger partial charge is 0.0985 e. The highest BCUT2D eigenvalue weighted by Gasteiger charge is 2.24. The lowest BCUT2D eigenvalue weighted by molar-refractivity contribution is 0.0593. The molecule has 0 aliphatic carbocycles. The van der Waals surface area contributed by atoms with Gasteiger partial charge in [-0.1, -0.05) is 20.8 Å². The van der Waals surface area contributed by atoms with E-state index in [0.717, 1.165) is 11.4 Å². The Balaban J connectivity index is 2.83. The molecule has 0 bridgehead atoms. The minimum Gasteiger partial charge on any atom is -0.386 e. The SMILES string of the molecule is CC(C)(C)C(O)c1ccc(CN)[nH]1. The largest absolute Gasteiger partial charge is 0.386 e. The number of rotatable bonds is 2. The molecule has 0 amide bonds. The van der Waals surface area contributed by atoms with Crippen LogP contribution in [0.1, 0.15) is 38.3 Å². The van der Waals surface area contributed by atoms with Crippen LogP contribution >= 0.6 is 0 Å². The highest BCUT2D eigenvalue weighted by atomic mass is 16.3. The van der Waals surface area contributed by atoms with Crippen LogP contribution in [-0.4, -0.2) is 10.1 Å². The van der Waals surface area contributed by atoms with Gasteiger partial charge in [-0.25, -0.2) is 0 Å². The van der Waals surface area contributed by atoms with Gasteiger partial charge in [0.2, 0.25) is 0 Å². The summed E-state index contributed by atoms with van der Waals surface area (Å²) in [5, 5.41) is 9.89. The lowest BCUT2D eigenvalue weighted by Gasteiger charge is -2.24. The standard InChI is InChI=1S/C10H18N2O/c1-10(2,3)9(13)8-5-4-7(6-11)12-8/h4-5,9,12-13H,6,11H2,1-3H3. The molecule has 74 valence electrons. The lowest BCUT2D eigenvalue weighted by Crippen LogP contribution is -2.18. The fraction of sp³-hybridized carbons (Fsp3) is 0.600. The highest BCUT2D eigenvalue weighted by molar-refractivity contribution is 5.16. The summed E-state index contributed by atoms with van der Waals surface area (Å²) in [5.74, 6) is 0. The van der Waals surface area contributed by atoms with E-state index in [1.807, 2.05) is 32.9 Å². The lowest BCUT2D eigenvalue weighted by atomic mass is 9.87. The van der Waals surface area contributed by atoms with Crippen LogP contribution in [0.3, 0.4) is 0 Å². The number of aromatic nitrogens is 1. The first-order chi connectivity index (χ1) is 5.95. The van der Waals surface area contributed by atoms with E-state index in [2.05, 4.69) is 4.98 Å². The molecule has 0 spiro atoms. The predicted octanol–water partition coefficient (Wildman–Crippen LogP) is 1.55. The van der Waals surface area contributed by atoms with Crippen molar-refractivity contribution in [2.24, 2.45) is 11.1 Å². The molecule has 0 saturated heterocycles. The molecule has 0 aliphatic rings. The first kappa shape index (κ1) is 10.3. The van der Waals surface area contributed by atoms with E-state index in [0.29, 0.717) is 6.54 Å². The Morgan fingerprint density at radius 1 is 1.46 bits per heavy atom. The van der Waals surface area contributed by atoms with E-state index in [4.69, 9.17) is 5.73 Å². The third-order valence-electron chi connectivity index (χ3n) is 2.10. The number of hydrogen-bond acceptors (Lipinski definition) is 2. The molecule has 3 heteroatoms. The summed E-state index contributed by atoms with van der Waals surface area (Å²) in [6.07, 6.45) is -0.465. The van der Waals surface area contributed by atoms with Gasteiger partial charge in [-0.2, -0.15) is 0 Å². The molecule has 1 heterocycles. The second-order valence-electron chi connectivity index (χ2n) is 4.41. The minimum absolute atomic E-state index is 0.142. The van der Waals surface area contributed by atoms with Gasteiger partial charge in [0.1, 0.15) is 0 Å². The summed E-state index contributed by atoms with van der Waals surface area (Å²) >= 11 is 0. The molecule has 0 radical (unpaired) electrons. The van der Waals surface area contributed by atoms with Crippen molar-refractivity contribution in [2.45, 2.75) is 33.4 Å². The van der Waals surface area contributed by atoms with Crippen LogP contribution in [0, 0.1) is 5.41 Å². The topological polar surface area (TPSA) is 62.0 Å². The Morgan fingerprint density at radius 3 is 2.46 bits per heavy atom. The van der Waals surface area contributed by atoms with Gasteiger partial charge < -0.3 is 15.8 Å². The zero-order chi connectivity index (χ0) is 10.1. The molecular formula is C10H18N2O. The molecule has 13 heavy (non-hydrogen) atoms. The molecule has 1 unspecified atom stereocenters. The monoisotopic (exact) mass is 182 g/mol. The fourth-order valence-electron chi connectivity index (χ4n) is 1.20. The number of aliphatic hydroxyl groups is 1. The number of aliphatic hydroxyl groups excluding tert-OH is 1. The first-order valence-electron chi connectivity index (χ1n) is 4.51. The number of nitrogens with one attached hydrogen (secondary N) is 1. The van der Waals surface area contributed by atoms with Crippen LogP contribution in [0.4, 0.5) is 0 Å². The second-order valence-corrected chi connectivity index (χ2v) is 4.41. The van der Waals surface area contributed by atoms with Gasteiger partial charge in [-0.05, 0) is 17.5 Å². The third-order valence-corrected chi connectivity index (χ3v) is 2.10. The average Bonchev–Trinajstić information content (AvgIpc) is 2.48. The van der Waals surface area contributed by atoms with Gasteiger partial charge >= 0.3 is 0 Å². The van der Waals surface area contributed by atoms with E-state index in [1.165, 1.54) is 0 Å². The Labute approximate surface area is 79.0 Å². The number of hydrogen-bond donors (Lipinski definition) is 3. The fourth-order valence-corrected chi connectivity index (χ4v) is 1.20. The maximum Gasteiger partial charge on any atom is 0.0985 e. The average molecular weight is 182 g/mol. The van der Waals surface area contributed by atoms with E-state index < -0.39 is 6.10 Å². The maximum absolute atomic E-state index is 9.89. The zero-order valence-corrected chi connectivity index (χ0v) is 8.46. The molecule has 1 atom stereocenters. The van der Waals surface area contributed by atoms with Crippen molar-refractivity contribution in [2.75, 3.05) is 0 Å². The van der Waals surface area contributed by atoms with Gasteiger partial charge in [0.15, 0.2) is 0 Å². The first-order valence-corrected chi connectivity index (χ1v) is 4.51. The van der Waals surface area contributed by atoms with Gasteiger partial charge in [0, 0.05) is 17.9 Å². The zero-order valence-electron chi connectivity index (χ0n) is 8.46. The van der Waals surface area contributed by atoms with Crippen molar-refractivity contribution in [3.8, 4) is 0 Å². The summed E-state index contributed by atoms with van der Waals surface area (Å²) in [4.78, 5) is 3.09. The van der Waals surface area contributed by atoms with Crippen molar-refractivity contribution in [3.63, 3.8) is 0 Å². The van der Waals surface area contributed by atoms with E-state index >= 15 is 0 Å². The van der Waals surface area contributed by atoms with E-state index in [9.17, 15) is 5.11 Å². The number of aromatic amines is 1. The van der Waals surface area contributed by atoms with Crippen molar-refractivity contribution >= 4 is 0 Å². The molecule has 1 aromatic rings. The molecule has 4 N–H and O–H groups in total. The van der Waals surface area contributed by atoms with Crippen molar-refractivity contribution < 1.29 is 5.11 Å². The van der Waals surface area contributed by atoms with Crippen LogP contribution in [0.15, 0.2) is 12.1 Å². The summed E-state index contributed by atoms with van der Waals surface area (Å²) < 4.78 is 0. The number of H-pyrrole nitrogens is 1. The predicted molar refractivity (Wildman–Crippen MR) is 53.1 cm³/mol. The van der Waals surface area contributed by atoms with E-state index in [-0.39, 0.29) is 5.41 Å².